The molecule has 2 heteroatoms. The molecule has 0 spiro atoms. The smallest absolute Gasteiger partial charge is 0.171 e. The summed E-state index contributed by atoms with van der Waals surface area (Å²) in [7, 11) is -3.09. The second-order valence-electron chi connectivity index (χ2n) is 14.4. The Morgan fingerprint density at radius 3 is 1.30 bits per heavy atom. The van der Waals surface area contributed by atoms with E-state index in [0.29, 0.717) is 0 Å². The minimum Gasteiger partial charge on any atom is -0.309 e. The van der Waals surface area contributed by atoms with Gasteiger partial charge in [0.1, 0.15) is 0 Å². The maximum Gasteiger partial charge on any atom is 0.171 e. The maximum absolute atomic E-state index is 15.1. The van der Waals surface area contributed by atoms with Gasteiger partial charge >= 0.3 is 0 Å². The van der Waals surface area contributed by atoms with Crippen LogP contribution in [0.1, 0.15) is 0 Å². The number of fused-ring (bicyclic) bond motifs is 3. The van der Waals surface area contributed by atoms with E-state index < -0.39 is 7.14 Å². The van der Waals surface area contributed by atoms with Gasteiger partial charge in [0.25, 0.3) is 0 Å². The van der Waals surface area contributed by atoms with Crippen molar-refractivity contribution >= 4 is 55.4 Å². The highest BCUT2D eigenvalue weighted by molar-refractivity contribution is 7.85. The molecule has 0 radical (unpaired) electrons. The number of benzene rings is 10. The summed E-state index contributed by atoms with van der Waals surface area (Å²) in [6, 6.07) is 78.9. The van der Waals surface area contributed by atoms with Gasteiger partial charge in [-0.3, -0.25) is 0 Å². The molecule has 264 valence electrons. The molecule has 10 aromatic rings. The zero-order valence-electron chi connectivity index (χ0n) is 30.7. The van der Waals surface area contributed by atoms with Crippen LogP contribution in [0.3, 0.4) is 0 Å². The topological polar surface area (TPSA) is 17.1 Å². The normalized spacial score (nSPS) is 11.6. The minimum atomic E-state index is -3.09. The Balaban J connectivity index is 1.17. The molecule has 0 fully saturated rings. The van der Waals surface area contributed by atoms with Crippen LogP contribution in [0.4, 0.5) is 0 Å². The fourth-order valence-corrected chi connectivity index (χ4v) is 11.0. The first-order chi connectivity index (χ1) is 27.6. The number of hydrogen-bond donors (Lipinski definition) is 0. The Morgan fingerprint density at radius 2 is 0.661 bits per heavy atom. The Morgan fingerprint density at radius 1 is 0.250 bits per heavy atom. The van der Waals surface area contributed by atoms with Crippen molar-refractivity contribution in [1.82, 2.24) is 0 Å². The Kier molecular flexibility index (Phi) is 8.52. The molecule has 0 unspecified atom stereocenters. The summed E-state index contributed by atoms with van der Waals surface area (Å²) in [4.78, 5) is 0. The summed E-state index contributed by atoms with van der Waals surface area (Å²) in [5.41, 5.74) is 9.43. The molecule has 0 atom stereocenters. The highest BCUT2D eigenvalue weighted by atomic mass is 31.2. The van der Waals surface area contributed by atoms with Crippen molar-refractivity contribution in [1.29, 1.82) is 0 Å². The molecule has 0 N–H and O–H groups in total. The lowest BCUT2D eigenvalue weighted by Gasteiger charge is -2.21. The van der Waals surface area contributed by atoms with E-state index in [1.165, 1.54) is 65.7 Å². The summed E-state index contributed by atoms with van der Waals surface area (Å²) < 4.78 is 15.1. The first-order valence-electron chi connectivity index (χ1n) is 19.1. The van der Waals surface area contributed by atoms with Gasteiger partial charge in [0.2, 0.25) is 0 Å². The molecule has 10 aromatic carbocycles. The lowest BCUT2D eigenvalue weighted by molar-refractivity contribution is 0.592. The maximum atomic E-state index is 15.1. The van der Waals surface area contributed by atoms with Gasteiger partial charge in [-0.2, -0.15) is 0 Å². The molecule has 10 rings (SSSR count). The van der Waals surface area contributed by atoms with Crippen molar-refractivity contribution in [3.63, 3.8) is 0 Å². The van der Waals surface area contributed by atoms with Crippen molar-refractivity contribution in [3.05, 3.63) is 224 Å². The van der Waals surface area contributed by atoms with E-state index >= 15 is 4.57 Å². The van der Waals surface area contributed by atoms with Crippen molar-refractivity contribution in [2.75, 3.05) is 0 Å². The third-order valence-corrected chi connectivity index (χ3v) is 14.2. The molecule has 1 nitrogen and oxygen atoms in total. The quantitative estimate of drug-likeness (QED) is 0.118. The molecule has 0 saturated carbocycles. The van der Waals surface area contributed by atoms with Crippen LogP contribution in [0.15, 0.2) is 224 Å². The van der Waals surface area contributed by atoms with Crippen molar-refractivity contribution in [3.8, 4) is 44.5 Å². The summed E-state index contributed by atoms with van der Waals surface area (Å²) >= 11 is 0. The fraction of sp³-hybridized carbons (Fsp3) is 0. The van der Waals surface area contributed by atoms with Crippen LogP contribution >= 0.6 is 7.14 Å². The van der Waals surface area contributed by atoms with Gasteiger partial charge < -0.3 is 4.57 Å². The molecule has 0 aromatic heterocycles. The van der Waals surface area contributed by atoms with Crippen LogP contribution in [0.5, 0.6) is 0 Å². The second kappa shape index (κ2) is 14.1. The molecule has 0 aliphatic heterocycles. The van der Waals surface area contributed by atoms with E-state index in [1.807, 2.05) is 60.7 Å². The van der Waals surface area contributed by atoms with Crippen LogP contribution in [-0.2, 0) is 4.57 Å². The molecule has 0 amide bonds. The molecular weight excluding hydrogens is 696 g/mol. The van der Waals surface area contributed by atoms with E-state index in [1.54, 1.807) is 0 Å². The predicted molar refractivity (Wildman–Crippen MR) is 240 cm³/mol. The van der Waals surface area contributed by atoms with Gasteiger partial charge in [0.05, 0.1) is 0 Å². The average Bonchev–Trinajstić information content (AvgIpc) is 3.28. The third kappa shape index (κ3) is 5.86. The molecule has 0 saturated heterocycles. The van der Waals surface area contributed by atoms with Crippen LogP contribution in [0, 0.1) is 0 Å². The Labute approximate surface area is 327 Å². The summed E-state index contributed by atoms with van der Waals surface area (Å²) in [6.45, 7) is 0. The highest BCUT2D eigenvalue weighted by Gasteiger charge is 2.29. The van der Waals surface area contributed by atoms with Gasteiger partial charge in [-0.1, -0.05) is 212 Å². The molecule has 0 aliphatic rings. The summed E-state index contributed by atoms with van der Waals surface area (Å²) in [5, 5.41) is 9.78. The Hall–Kier alpha value is -6.79. The Bertz CT molecular complexity index is 3020. The van der Waals surface area contributed by atoms with Crippen molar-refractivity contribution in [2.24, 2.45) is 0 Å². The third-order valence-electron chi connectivity index (χ3n) is 11.1. The zero-order chi connectivity index (χ0) is 37.5. The van der Waals surface area contributed by atoms with Gasteiger partial charge in [-0.15, -0.1) is 0 Å². The molecular formula is C54H37OP. The SMILES string of the molecule is O=P(c1ccccc1)(c1ccccc1)c1ccc(-c2ccc3c(-c4ccc(-c5ccccc5)cc4)c4ccccc4c(-c4ccc5ccccc5c4)c3c2)cc1. The standard InChI is InChI=1S/C54H37OP/c55-56(46-18-6-2-7-19-46,47-20-8-3-9-21-47)48-33-30-41(31-34-48)44-32-35-51-52(37-44)54(45-29-26-39-16-10-11-17-43(39)36-45)50-23-13-12-22-49(50)53(51)42-27-24-40(25-28-42)38-14-4-1-5-15-38/h1-37H. The van der Waals surface area contributed by atoms with Crippen LogP contribution in [-0.4, -0.2) is 0 Å². The van der Waals surface area contributed by atoms with Crippen LogP contribution in [0.25, 0.3) is 76.8 Å². The van der Waals surface area contributed by atoms with Crippen LogP contribution in [0.2, 0.25) is 0 Å². The van der Waals surface area contributed by atoms with E-state index in [9.17, 15) is 0 Å². The number of rotatable bonds is 7. The van der Waals surface area contributed by atoms with E-state index in [4.69, 9.17) is 0 Å². The fourth-order valence-electron chi connectivity index (χ4n) is 8.37. The molecule has 0 bridgehead atoms. The van der Waals surface area contributed by atoms with E-state index in [0.717, 1.165) is 27.0 Å². The molecule has 0 aliphatic carbocycles. The van der Waals surface area contributed by atoms with Gasteiger partial charge in [0, 0.05) is 15.9 Å². The lowest BCUT2D eigenvalue weighted by atomic mass is 9.84. The number of hydrogen-bond acceptors (Lipinski definition) is 1. The summed E-state index contributed by atoms with van der Waals surface area (Å²) in [5.74, 6) is 0. The largest absolute Gasteiger partial charge is 0.309 e. The minimum absolute atomic E-state index is 0.823. The lowest BCUT2D eigenvalue weighted by Crippen LogP contribution is -2.24. The van der Waals surface area contributed by atoms with E-state index in [2.05, 4.69) is 164 Å². The van der Waals surface area contributed by atoms with Gasteiger partial charge in [-0.05, 0) is 89.0 Å². The second-order valence-corrected chi connectivity index (χ2v) is 17.2. The molecule has 0 heterocycles. The predicted octanol–water partition coefficient (Wildman–Crippen LogP) is 13.5. The monoisotopic (exact) mass is 732 g/mol. The van der Waals surface area contributed by atoms with Gasteiger partial charge in [-0.25, -0.2) is 0 Å². The average molecular weight is 733 g/mol. The zero-order valence-corrected chi connectivity index (χ0v) is 31.6. The van der Waals surface area contributed by atoms with Gasteiger partial charge in [0.15, 0.2) is 7.14 Å². The molecule has 56 heavy (non-hydrogen) atoms. The van der Waals surface area contributed by atoms with E-state index in [-0.39, 0.29) is 0 Å². The van der Waals surface area contributed by atoms with Crippen molar-refractivity contribution < 1.29 is 4.57 Å². The first-order valence-corrected chi connectivity index (χ1v) is 20.8. The van der Waals surface area contributed by atoms with Crippen LogP contribution < -0.4 is 15.9 Å². The summed E-state index contributed by atoms with van der Waals surface area (Å²) in [6.07, 6.45) is 0. The highest BCUT2D eigenvalue weighted by Crippen LogP contribution is 2.46. The van der Waals surface area contributed by atoms with Crippen molar-refractivity contribution in [2.45, 2.75) is 0 Å². The first kappa shape index (κ1) is 33.8.